The predicted molar refractivity (Wildman–Crippen MR) is 83.2 cm³/mol. The fourth-order valence-corrected chi connectivity index (χ4v) is 2.92. The Morgan fingerprint density at radius 2 is 1.78 bits per heavy atom. The maximum absolute atomic E-state index is 2.35. The SMILES string of the molecule is CC1(C)C=CC=CC1.C[Te]C(C)c1ccccc1. The van der Waals surface area contributed by atoms with Gasteiger partial charge in [-0.3, -0.25) is 0 Å². The summed E-state index contributed by atoms with van der Waals surface area (Å²) in [6.07, 6.45) is 9.85. The van der Waals surface area contributed by atoms with Gasteiger partial charge in [0.15, 0.2) is 0 Å². The summed E-state index contributed by atoms with van der Waals surface area (Å²) < 4.78 is 0.839. The van der Waals surface area contributed by atoms with Gasteiger partial charge in [-0.2, -0.15) is 0 Å². The Kier molecular flexibility index (Phi) is 6.76. The molecule has 18 heavy (non-hydrogen) atoms. The van der Waals surface area contributed by atoms with Gasteiger partial charge in [0.1, 0.15) is 0 Å². The first-order valence-corrected chi connectivity index (χ1v) is 10.1. The van der Waals surface area contributed by atoms with Crippen molar-refractivity contribution in [3.05, 3.63) is 60.2 Å². The van der Waals surface area contributed by atoms with Crippen LogP contribution >= 0.6 is 0 Å². The number of benzene rings is 1. The summed E-state index contributed by atoms with van der Waals surface area (Å²) in [5.41, 5.74) is 1.92. The third kappa shape index (κ3) is 5.89. The molecule has 0 heterocycles. The zero-order valence-corrected chi connectivity index (χ0v) is 14.2. The summed E-state index contributed by atoms with van der Waals surface area (Å²) in [4.78, 5) is 2.35. The molecule has 1 unspecified atom stereocenters. The van der Waals surface area contributed by atoms with Crippen LogP contribution in [0.5, 0.6) is 0 Å². The van der Waals surface area contributed by atoms with E-state index < -0.39 is 0 Å². The molecule has 0 spiro atoms. The number of rotatable bonds is 2. The van der Waals surface area contributed by atoms with E-state index in [2.05, 4.69) is 80.4 Å². The molecule has 0 aromatic heterocycles. The van der Waals surface area contributed by atoms with Crippen molar-refractivity contribution in [3.8, 4) is 0 Å². The van der Waals surface area contributed by atoms with Crippen LogP contribution < -0.4 is 0 Å². The van der Waals surface area contributed by atoms with Gasteiger partial charge in [-0.25, -0.2) is 0 Å². The van der Waals surface area contributed by atoms with Crippen molar-refractivity contribution in [2.45, 2.75) is 36.1 Å². The minimum atomic E-state index is 0.210. The molecule has 1 aliphatic rings. The quantitative estimate of drug-likeness (QED) is 0.653. The van der Waals surface area contributed by atoms with E-state index in [-0.39, 0.29) is 20.9 Å². The van der Waals surface area contributed by atoms with Gasteiger partial charge in [-0.05, 0) is 11.8 Å². The maximum atomic E-state index is 2.35. The molecule has 0 nitrogen and oxygen atoms in total. The summed E-state index contributed by atoms with van der Waals surface area (Å²) in [6, 6.07) is 10.8. The second-order valence-electron chi connectivity index (χ2n) is 5.27. The first-order valence-electron chi connectivity index (χ1n) is 6.47. The Balaban J connectivity index is 0.000000184. The van der Waals surface area contributed by atoms with E-state index in [0.717, 1.165) is 3.97 Å². The third-order valence-electron chi connectivity index (χ3n) is 3.06. The van der Waals surface area contributed by atoms with Crippen LogP contribution in [-0.2, 0) is 0 Å². The van der Waals surface area contributed by atoms with Gasteiger partial charge in [-0.1, -0.05) is 38.2 Å². The molecule has 0 saturated heterocycles. The van der Waals surface area contributed by atoms with E-state index in [4.69, 9.17) is 0 Å². The van der Waals surface area contributed by atoms with Gasteiger partial charge >= 0.3 is 72.7 Å². The van der Waals surface area contributed by atoms with Gasteiger partial charge in [0.2, 0.25) is 0 Å². The molecule has 1 atom stereocenters. The van der Waals surface area contributed by atoms with Crippen LogP contribution in [0.2, 0.25) is 4.97 Å². The minimum absolute atomic E-state index is 0.210. The molecule has 0 radical (unpaired) electrons. The van der Waals surface area contributed by atoms with Crippen LogP contribution in [0.15, 0.2) is 54.6 Å². The molecule has 1 heteroatoms. The van der Waals surface area contributed by atoms with E-state index in [1.165, 1.54) is 12.0 Å². The number of hydrogen-bond donors (Lipinski definition) is 0. The van der Waals surface area contributed by atoms with E-state index >= 15 is 0 Å². The fraction of sp³-hybridized carbons (Fsp3) is 0.412. The van der Waals surface area contributed by atoms with Crippen LogP contribution in [0.25, 0.3) is 0 Å². The van der Waals surface area contributed by atoms with Gasteiger partial charge < -0.3 is 0 Å². The second-order valence-corrected chi connectivity index (χ2v) is 8.63. The van der Waals surface area contributed by atoms with Crippen molar-refractivity contribution >= 4 is 20.9 Å². The van der Waals surface area contributed by atoms with Gasteiger partial charge in [-0.15, -0.1) is 0 Å². The van der Waals surface area contributed by atoms with E-state index in [0.29, 0.717) is 5.41 Å². The van der Waals surface area contributed by atoms with Crippen LogP contribution in [-0.4, -0.2) is 20.9 Å². The molecule has 0 aliphatic heterocycles. The molecule has 2 rings (SSSR count). The van der Waals surface area contributed by atoms with Crippen molar-refractivity contribution in [1.82, 2.24) is 0 Å². The van der Waals surface area contributed by atoms with Gasteiger partial charge in [0, 0.05) is 0 Å². The number of hydrogen-bond acceptors (Lipinski definition) is 0. The van der Waals surface area contributed by atoms with Crippen LogP contribution in [0.1, 0.15) is 36.7 Å². The summed E-state index contributed by atoms with van der Waals surface area (Å²) in [5, 5.41) is 0. The monoisotopic (exact) mass is 358 g/mol. The molecule has 0 amide bonds. The average molecular weight is 356 g/mol. The van der Waals surface area contributed by atoms with Crippen molar-refractivity contribution in [1.29, 1.82) is 0 Å². The molecular formula is C17H24Te. The van der Waals surface area contributed by atoms with E-state index in [9.17, 15) is 0 Å². The Morgan fingerprint density at radius 3 is 2.17 bits per heavy atom. The third-order valence-corrected chi connectivity index (χ3v) is 5.86. The topological polar surface area (TPSA) is 0 Å². The summed E-state index contributed by atoms with van der Waals surface area (Å²) in [6.45, 7) is 6.80. The summed E-state index contributed by atoms with van der Waals surface area (Å²) in [7, 11) is 0. The van der Waals surface area contributed by atoms with Gasteiger partial charge in [0.25, 0.3) is 0 Å². The molecular weight excluding hydrogens is 332 g/mol. The number of allylic oxidation sites excluding steroid dienone is 4. The van der Waals surface area contributed by atoms with Crippen LogP contribution in [0, 0.1) is 5.41 Å². The first kappa shape index (κ1) is 15.5. The van der Waals surface area contributed by atoms with E-state index in [1.807, 2.05) is 0 Å². The van der Waals surface area contributed by atoms with E-state index in [1.54, 1.807) is 0 Å². The molecule has 0 bridgehead atoms. The van der Waals surface area contributed by atoms with Crippen molar-refractivity contribution in [3.63, 3.8) is 0 Å². The Labute approximate surface area is 122 Å². The standard InChI is InChI=1S/C9H12Te.C8H12/c1-8(10-2)9-6-4-3-5-7-9;1-8(2)6-4-3-5-7-8/h3-8H,1-2H3;3-6H,7H2,1-2H3. The second kappa shape index (κ2) is 7.82. The molecule has 0 N–H and O–H groups in total. The Morgan fingerprint density at radius 1 is 1.11 bits per heavy atom. The molecule has 0 saturated carbocycles. The van der Waals surface area contributed by atoms with Crippen molar-refractivity contribution < 1.29 is 0 Å². The van der Waals surface area contributed by atoms with Crippen LogP contribution in [0.3, 0.4) is 0 Å². The summed E-state index contributed by atoms with van der Waals surface area (Å²) in [5.74, 6) is 0. The fourth-order valence-electron chi connectivity index (χ4n) is 1.69. The zero-order chi connectivity index (χ0) is 13.4. The van der Waals surface area contributed by atoms with Crippen molar-refractivity contribution in [2.75, 3.05) is 0 Å². The molecule has 1 aromatic rings. The Hall–Kier alpha value is -0.510. The normalized spacial score (nSPS) is 17.8. The molecule has 1 aliphatic carbocycles. The van der Waals surface area contributed by atoms with Crippen molar-refractivity contribution in [2.24, 2.45) is 5.41 Å². The van der Waals surface area contributed by atoms with Gasteiger partial charge in [0.05, 0.1) is 0 Å². The molecule has 98 valence electrons. The molecule has 1 aromatic carbocycles. The summed E-state index contributed by atoms with van der Waals surface area (Å²) >= 11 is 0.210. The molecule has 0 fully saturated rings. The van der Waals surface area contributed by atoms with Crippen LogP contribution in [0.4, 0.5) is 0 Å². The Bertz CT molecular complexity index is 387. The average Bonchev–Trinajstić information content (AvgIpc) is 2.39. The first-order chi connectivity index (χ1) is 8.55. The zero-order valence-electron chi connectivity index (χ0n) is 11.9. The predicted octanol–water partition coefficient (Wildman–Crippen LogP) is 5.03.